The molecular weight excluding hydrogens is 329 g/mol. The van der Waals surface area contributed by atoms with Gasteiger partial charge in [0, 0.05) is 28.6 Å². The summed E-state index contributed by atoms with van der Waals surface area (Å²) in [5.41, 5.74) is 0. The van der Waals surface area contributed by atoms with E-state index in [2.05, 4.69) is 18.3 Å². The Kier molecular flexibility index (Phi) is 6.33. The second-order valence-electron chi connectivity index (χ2n) is 4.68. The summed E-state index contributed by atoms with van der Waals surface area (Å²) in [5.74, 6) is 0.481. The van der Waals surface area contributed by atoms with Crippen LogP contribution < -0.4 is 10.1 Å². The van der Waals surface area contributed by atoms with Crippen molar-refractivity contribution in [3.05, 3.63) is 50.6 Å². The highest BCUT2D eigenvalue weighted by Crippen LogP contribution is 2.27. The number of hydrogen-bond donors (Lipinski definition) is 2. The maximum absolute atomic E-state index is 9.96. The van der Waals surface area contributed by atoms with Gasteiger partial charge in [0.1, 0.15) is 18.5 Å². The van der Waals surface area contributed by atoms with Gasteiger partial charge in [-0.15, -0.1) is 11.3 Å². The maximum Gasteiger partial charge on any atom is 0.139 e. The van der Waals surface area contributed by atoms with Crippen LogP contribution in [-0.4, -0.2) is 24.4 Å². The van der Waals surface area contributed by atoms with E-state index in [4.69, 9.17) is 27.9 Å². The number of halogens is 2. The standard InChI is InChI=1S/C15H17Cl2NO2S/c1-10(15-3-2-6-21-15)18-8-12(19)9-20-14-7-11(16)4-5-13(14)17/h2-7,10,12,18-19H,8-9H2,1H3. The summed E-state index contributed by atoms with van der Waals surface area (Å²) < 4.78 is 5.50. The molecule has 6 heteroatoms. The van der Waals surface area contributed by atoms with Gasteiger partial charge >= 0.3 is 0 Å². The van der Waals surface area contributed by atoms with E-state index in [9.17, 15) is 5.11 Å². The SMILES string of the molecule is CC(NCC(O)COc1cc(Cl)ccc1Cl)c1cccs1. The third-order valence-electron chi connectivity index (χ3n) is 2.95. The Morgan fingerprint density at radius 3 is 2.86 bits per heavy atom. The lowest BCUT2D eigenvalue weighted by molar-refractivity contribution is 0.104. The molecule has 2 N–H and O–H groups in total. The fraction of sp³-hybridized carbons (Fsp3) is 0.333. The second-order valence-corrected chi connectivity index (χ2v) is 6.51. The first-order valence-corrected chi connectivity index (χ1v) is 8.22. The number of aliphatic hydroxyl groups is 1. The van der Waals surface area contributed by atoms with Crippen molar-refractivity contribution >= 4 is 34.5 Å². The molecule has 2 aromatic rings. The van der Waals surface area contributed by atoms with Gasteiger partial charge in [0.25, 0.3) is 0 Å². The van der Waals surface area contributed by atoms with Gasteiger partial charge in [0.2, 0.25) is 0 Å². The van der Waals surface area contributed by atoms with E-state index in [1.54, 1.807) is 29.5 Å². The molecule has 21 heavy (non-hydrogen) atoms. The molecule has 0 saturated heterocycles. The number of aliphatic hydroxyl groups excluding tert-OH is 1. The molecule has 2 rings (SSSR count). The van der Waals surface area contributed by atoms with Crippen LogP contribution in [0.5, 0.6) is 5.75 Å². The van der Waals surface area contributed by atoms with E-state index in [0.717, 1.165) is 0 Å². The third-order valence-corrected chi connectivity index (χ3v) is 4.56. The van der Waals surface area contributed by atoms with Crippen LogP contribution in [0.15, 0.2) is 35.7 Å². The van der Waals surface area contributed by atoms with E-state index < -0.39 is 6.10 Å². The van der Waals surface area contributed by atoms with Crippen molar-refractivity contribution in [3.8, 4) is 5.75 Å². The van der Waals surface area contributed by atoms with Crippen LogP contribution >= 0.6 is 34.5 Å². The molecule has 0 fully saturated rings. The normalized spacial score (nSPS) is 13.9. The molecule has 0 radical (unpaired) electrons. The Hall–Kier alpha value is -0.780. The molecule has 3 nitrogen and oxygen atoms in total. The zero-order valence-corrected chi connectivity index (χ0v) is 13.9. The van der Waals surface area contributed by atoms with Crippen LogP contribution in [-0.2, 0) is 0 Å². The van der Waals surface area contributed by atoms with Crippen molar-refractivity contribution in [2.24, 2.45) is 0 Å². The van der Waals surface area contributed by atoms with Crippen LogP contribution in [0, 0.1) is 0 Å². The lowest BCUT2D eigenvalue weighted by Crippen LogP contribution is -2.32. The van der Waals surface area contributed by atoms with Crippen molar-refractivity contribution in [2.75, 3.05) is 13.2 Å². The molecule has 0 saturated carbocycles. The van der Waals surface area contributed by atoms with Gasteiger partial charge in [-0.05, 0) is 30.5 Å². The van der Waals surface area contributed by atoms with Crippen molar-refractivity contribution in [2.45, 2.75) is 19.1 Å². The average Bonchev–Trinajstić information content (AvgIpc) is 3.00. The minimum atomic E-state index is -0.623. The monoisotopic (exact) mass is 345 g/mol. The Bertz CT molecular complexity index is 563. The molecule has 2 unspecified atom stereocenters. The predicted octanol–water partition coefficient (Wildman–Crippen LogP) is 4.15. The van der Waals surface area contributed by atoms with Gasteiger partial charge < -0.3 is 15.2 Å². The van der Waals surface area contributed by atoms with E-state index in [-0.39, 0.29) is 12.6 Å². The fourth-order valence-electron chi connectivity index (χ4n) is 1.78. The van der Waals surface area contributed by atoms with Gasteiger partial charge in [-0.2, -0.15) is 0 Å². The van der Waals surface area contributed by atoms with Crippen LogP contribution in [0.2, 0.25) is 10.0 Å². The zero-order chi connectivity index (χ0) is 15.2. The smallest absolute Gasteiger partial charge is 0.139 e. The van der Waals surface area contributed by atoms with Crippen LogP contribution in [0.1, 0.15) is 17.8 Å². The second kappa shape index (κ2) is 8.01. The molecule has 1 aromatic heterocycles. The molecule has 1 heterocycles. The average molecular weight is 346 g/mol. The summed E-state index contributed by atoms with van der Waals surface area (Å²) in [6, 6.07) is 9.28. The molecule has 2 atom stereocenters. The van der Waals surface area contributed by atoms with Crippen molar-refractivity contribution in [3.63, 3.8) is 0 Å². The van der Waals surface area contributed by atoms with Gasteiger partial charge in [0.15, 0.2) is 0 Å². The number of rotatable bonds is 7. The highest BCUT2D eigenvalue weighted by atomic mass is 35.5. The van der Waals surface area contributed by atoms with Crippen LogP contribution in [0.3, 0.4) is 0 Å². The molecule has 0 aliphatic carbocycles. The highest BCUT2D eigenvalue weighted by molar-refractivity contribution is 7.10. The molecule has 0 bridgehead atoms. The summed E-state index contributed by atoms with van der Waals surface area (Å²) in [6.45, 7) is 2.66. The minimum absolute atomic E-state index is 0.157. The van der Waals surface area contributed by atoms with Crippen LogP contribution in [0.4, 0.5) is 0 Å². The van der Waals surface area contributed by atoms with Crippen molar-refractivity contribution in [1.82, 2.24) is 5.32 Å². The van der Waals surface area contributed by atoms with E-state index in [0.29, 0.717) is 22.3 Å². The summed E-state index contributed by atoms with van der Waals surface area (Å²) in [7, 11) is 0. The molecule has 0 amide bonds. The molecule has 0 aliphatic heterocycles. The number of nitrogens with one attached hydrogen (secondary N) is 1. The van der Waals surface area contributed by atoms with Gasteiger partial charge in [-0.1, -0.05) is 29.3 Å². The molecule has 0 spiro atoms. The Balaban J connectivity index is 1.77. The number of ether oxygens (including phenoxy) is 1. The summed E-state index contributed by atoms with van der Waals surface area (Å²) in [6.07, 6.45) is -0.623. The lowest BCUT2D eigenvalue weighted by Gasteiger charge is -2.17. The molecule has 1 aromatic carbocycles. The zero-order valence-electron chi connectivity index (χ0n) is 11.6. The third kappa shape index (κ3) is 5.16. The first-order chi connectivity index (χ1) is 10.1. The Morgan fingerprint density at radius 1 is 1.33 bits per heavy atom. The Morgan fingerprint density at radius 2 is 2.14 bits per heavy atom. The minimum Gasteiger partial charge on any atom is -0.489 e. The van der Waals surface area contributed by atoms with Crippen molar-refractivity contribution in [1.29, 1.82) is 0 Å². The first kappa shape index (κ1) is 16.6. The fourth-order valence-corrected chi connectivity index (χ4v) is 2.88. The number of hydrogen-bond acceptors (Lipinski definition) is 4. The van der Waals surface area contributed by atoms with Crippen molar-refractivity contribution < 1.29 is 9.84 Å². The molecule has 0 aliphatic rings. The first-order valence-electron chi connectivity index (χ1n) is 6.59. The van der Waals surface area contributed by atoms with E-state index in [1.165, 1.54) is 4.88 Å². The molecular formula is C15H17Cl2NO2S. The molecule has 114 valence electrons. The van der Waals surface area contributed by atoms with Crippen LogP contribution in [0.25, 0.3) is 0 Å². The largest absolute Gasteiger partial charge is 0.489 e. The summed E-state index contributed by atoms with van der Waals surface area (Å²) >= 11 is 13.6. The van der Waals surface area contributed by atoms with E-state index in [1.807, 2.05) is 11.4 Å². The predicted molar refractivity (Wildman–Crippen MR) is 88.7 cm³/mol. The lowest BCUT2D eigenvalue weighted by atomic mass is 10.2. The number of benzene rings is 1. The van der Waals surface area contributed by atoms with Gasteiger partial charge in [-0.3, -0.25) is 0 Å². The number of thiophene rings is 1. The highest BCUT2D eigenvalue weighted by Gasteiger charge is 2.11. The summed E-state index contributed by atoms with van der Waals surface area (Å²) in [5, 5.41) is 16.3. The van der Waals surface area contributed by atoms with Gasteiger partial charge in [-0.25, -0.2) is 0 Å². The Labute approximate surface area is 138 Å². The maximum atomic E-state index is 9.96. The topological polar surface area (TPSA) is 41.5 Å². The summed E-state index contributed by atoms with van der Waals surface area (Å²) in [4.78, 5) is 1.24. The van der Waals surface area contributed by atoms with E-state index >= 15 is 0 Å². The quantitative estimate of drug-likeness (QED) is 0.792. The van der Waals surface area contributed by atoms with Gasteiger partial charge in [0.05, 0.1) is 5.02 Å².